The monoisotopic (exact) mass is 360 g/mol. The van der Waals surface area contributed by atoms with Gasteiger partial charge < -0.3 is 5.32 Å². The second kappa shape index (κ2) is 7.14. The fraction of sp³-hybridized carbons (Fsp3) is 0.500. The Morgan fingerprint density at radius 3 is 2.48 bits per heavy atom. The van der Waals surface area contributed by atoms with E-state index in [-0.39, 0.29) is 18.6 Å². The topological polar surface area (TPSA) is 90.5 Å². The molecule has 9 heteroatoms. The number of nitrogens with zero attached hydrogens (tertiary/aromatic N) is 1. The summed E-state index contributed by atoms with van der Waals surface area (Å²) in [5.74, 6) is -0.419. The predicted molar refractivity (Wildman–Crippen MR) is 90.6 cm³/mol. The summed E-state index contributed by atoms with van der Waals surface area (Å²) < 4.78 is 26.4. The number of sulfonamides is 1. The maximum atomic E-state index is 12.6. The van der Waals surface area contributed by atoms with Crippen LogP contribution in [0.15, 0.2) is 24.3 Å². The maximum absolute atomic E-state index is 12.6. The van der Waals surface area contributed by atoms with Gasteiger partial charge in [-0.2, -0.15) is 4.31 Å². The van der Waals surface area contributed by atoms with Crippen LogP contribution in [-0.4, -0.2) is 49.6 Å². The molecular formula is C14H21ClN4O3S. The van der Waals surface area contributed by atoms with Crippen molar-refractivity contribution < 1.29 is 13.2 Å². The summed E-state index contributed by atoms with van der Waals surface area (Å²) in [5, 5.41) is 2.50. The van der Waals surface area contributed by atoms with Gasteiger partial charge in [-0.15, -0.1) is 0 Å². The van der Waals surface area contributed by atoms with Crippen LogP contribution in [0.2, 0.25) is 5.02 Å². The van der Waals surface area contributed by atoms with E-state index in [1.165, 1.54) is 7.05 Å². The quantitative estimate of drug-likeness (QED) is 0.722. The molecule has 2 rings (SSSR count). The molecule has 7 nitrogen and oxygen atoms in total. The number of likely N-dealkylation sites (N-methyl/N-ethyl adjacent to an activating group) is 1. The second-order valence-corrected chi connectivity index (χ2v) is 8.32. The van der Waals surface area contributed by atoms with Crippen molar-refractivity contribution in [2.24, 2.45) is 0 Å². The van der Waals surface area contributed by atoms with E-state index >= 15 is 0 Å². The Labute approximate surface area is 141 Å². The van der Waals surface area contributed by atoms with Gasteiger partial charge in [0.15, 0.2) is 0 Å². The maximum Gasteiger partial charge on any atom is 0.239 e. The first kappa shape index (κ1) is 18.2. The molecule has 0 radical (unpaired) electrons. The number of amides is 1. The average Bonchev–Trinajstić information content (AvgIpc) is 2.78. The molecule has 1 amide bonds. The molecule has 0 bridgehead atoms. The Bertz CT molecular complexity index is 672. The Morgan fingerprint density at radius 1 is 1.30 bits per heavy atom. The number of hydrogen-bond acceptors (Lipinski definition) is 5. The number of hydrogen-bond donors (Lipinski definition) is 3. The van der Waals surface area contributed by atoms with Gasteiger partial charge in [-0.1, -0.05) is 17.7 Å². The Morgan fingerprint density at radius 2 is 1.91 bits per heavy atom. The van der Waals surface area contributed by atoms with Crippen LogP contribution >= 0.6 is 11.6 Å². The third kappa shape index (κ3) is 4.21. The number of anilines is 1. The lowest BCUT2D eigenvalue weighted by molar-refractivity contribution is -0.116. The molecule has 1 aromatic carbocycles. The van der Waals surface area contributed by atoms with Crippen molar-refractivity contribution >= 4 is 33.2 Å². The molecule has 0 saturated carbocycles. The van der Waals surface area contributed by atoms with Crippen molar-refractivity contribution in [3.05, 3.63) is 29.3 Å². The van der Waals surface area contributed by atoms with E-state index in [2.05, 4.69) is 16.2 Å². The van der Waals surface area contributed by atoms with Gasteiger partial charge in [0.1, 0.15) is 5.25 Å². The normalized spacial score (nSPS) is 24.8. The molecule has 1 aliphatic rings. The van der Waals surface area contributed by atoms with Crippen LogP contribution in [0.3, 0.4) is 0 Å². The summed E-state index contributed by atoms with van der Waals surface area (Å²) >= 11 is 5.85. The fourth-order valence-corrected chi connectivity index (χ4v) is 4.71. The van der Waals surface area contributed by atoms with Crippen molar-refractivity contribution in [1.82, 2.24) is 15.2 Å². The van der Waals surface area contributed by atoms with E-state index in [0.29, 0.717) is 10.7 Å². The molecule has 2 unspecified atom stereocenters. The van der Waals surface area contributed by atoms with E-state index < -0.39 is 21.2 Å². The number of halogens is 1. The van der Waals surface area contributed by atoms with Gasteiger partial charge in [0, 0.05) is 29.8 Å². The minimum atomic E-state index is -3.61. The molecule has 3 N–H and O–H groups in total. The number of hydrazine groups is 1. The van der Waals surface area contributed by atoms with Crippen LogP contribution in [0.4, 0.5) is 5.69 Å². The molecular weight excluding hydrogens is 340 g/mol. The molecule has 1 aliphatic heterocycles. The molecule has 1 saturated heterocycles. The molecule has 23 heavy (non-hydrogen) atoms. The SMILES string of the molecule is CC1NNC(C)C1S(=O)(=O)N(C)CC(=O)Nc1cccc(Cl)c1. The summed E-state index contributed by atoms with van der Waals surface area (Å²) in [6.45, 7) is 3.32. The molecule has 1 heterocycles. The number of carbonyl (C=O) groups is 1. The van der Waals surface area contributed by atoms with E-state index in [9.17, 15) is 13.2 Å². The lowest BCUT2D eigenvalue weighted by atomic mass is 10.2. The van der Waals surface area contributed by atoms with Crippen LogP contribution in [0.1, 0.15) is 13.8 Å². The van der Waals surface area contributed by atoms with E-state index in [0.717, 1.165) is 4.31 Å². The number of carbonyl (C=O) groups excluding carboxylic acids is 1. The third-order valence-electron chi connectivity index (χ3n) is 3.78. The van der Waals surface area contributed by atoms with Crippen LogP contribution in [-0.2, 0) is 14.8 Å². The average molecular weight is 361 g/mol. The first-order valence-corrected chi connectivity index (χ1v) is 9.11. The van der Waals surface area contributed by atoms with E-state index in [1.54, 1.807) is 38.1 Å². The summed E-state index contributed by atoms with van der Waals surface area (Å²) in [4.78, 5) is 12.1. The summed E-state index contributed by atoms with van der Waals surface area (Å²) in [5.41, 5.74) is 6.34. The zero-order chi connectivity index (χ0) is 17.2. The van der Waals surface area contributed by atoms with Gasteiger partial charge in [-0.3, -0.25) is 15.6 Å². The highest BCUT2D eigenvalue weighted by Crippen LogP contribution is 2.19. The zero-order valence-corrected chi connectivity index (χ0v) is 14.8. The highest BCUT2D eigenvalue weighted by Gasteiger charge is 2.42. The summed E-state index contributed by atoms with van der Waals surface area (Å²) in [6.07, 6.45) is 0. The number of nitrogens with one attached hydrogen (secondary N) is 3. The molecule has 0 spiro atoms. The minimum Gasteiger partial charge on any atom is -0.325 e. The first-order chi connectivity index (χ1) is 10.7. The van der Waals surface area contributed by atoms with Gasteiger partial charge in [-0.25, -0.2) is 8.42 Å². The second-order valence-electron chi connectivity index (χ2n) is 5.69. The van der Waals surface area contributed by atoms with Crippen LogP contribution in [0.5, 0.6) is 0 Å². The lowest BCUT2D eigenvalue weighted by Crippen LogP contribution is -2.47. The molecule has 2 atom stereocenters. The summed E-state index contributed by atoms with van der Waals surface area (Å²) in [7, 11) is -2.20. The zero-order valence-electron chi connectivity index (χ0n) is 13.2. The van der Waals surface area contributed by atoms with Crippen LogP contribution in [0, 0.1) is 0 Å². The number of rotatable bonds is 5. The van der Waals surface area contributed by atoms with Crippen molar-refractivity contribution in [2.45, 2.75) is 31.2 Å². The van der Waals surface area contributed by atoms with E-state index in [1.807, 2.05) is 0 Å². The predicted octanol–water partition coefficient (Wildman–Crippen LogP) is 0.794. The molecule has 1 aromatic rings. The van der Waals surface area contributed by atoms with Gasteiger partial charge in [0.2, 0.25) is 15.9 Å². The van der Waals surface area contributed by atoms with Gasteiger partial charge in [0.05, 0.1) is 6.54 Å². The van der Waals surface area contributed by atoms with Crippen molar-refractivity contribution in [1.29, 1.82) is 0 Å². The minimum absolute atomic E-state index is 0.242. The largest absolute Gasteiger partial charge is 0.325 e. The van der Waals surface area contributed by atoms with Crippen LogP contribution in [0.25, 0.3) is 0 Å². The van der Waals surface area contributed by atoms with Crippen molar-refractivity contribution in [3.8, 4) is 0 Å². The van der Waals surface area contributed by atoms with Gasteiger partial charge >= 0.3 is 0 Å². The Kier molecular flexibility index (Phi) is 5.64. The number of benzene rings is 1. The molecule has 1 fully saturated rings. The third-order valence-corrected chi connectivity index (χ3v) is 6.51. The lowest BCUT2D eigenvalue weighted by Gasteiger charge is -2.25. The first-order valence-electron chi connectivity index (χ1n) is 7.23. The molecule has 128 valence electrons. The fourth-order valence-electron chi connectivity index (χ4n) is 2.64. The molecule has 0 aliphatic carbocycles. The smallest absolute Gasteiger partial charge is 0.239 e. The van der Waals surface area contributed by atoms with Crippen LogP contribution < -0.4 is 16.2 Å². The van der Waals surface area contributed by atoms with Crippen molar-refractivity contribution in [3.63, 3.8) is 0 Å². The molecule has 0 aromatic heterocycles. The van der Waals surface area contributed by atoms with Crippen molar-refractivity contribution in [2.75, 3.05) is 18.9 Å². The van der Waals surface area contributed by atoms with E-state index in [4.69, 9.17) is 11.6 Å². The summed E-state index contributed by atoms with van der Waals surface area (Å²) in [6, 6.07) is 6.20. The Balaban J connectivity index is 2.03. The van der Waals surface area contributed by atoms with Gasteiger partial charge in [-0.05, 0) is 32.0 Å². The van der Waals surface area contributed by atoms with Gasteiger partial charge in [0.25, 0.3) is 0 Å². The Hall–Kier alpha value is -1.19. The standard InChI is InChI=1S/C14H21ClN4O3S/c1-9-14(10(2)18-17-9)23(21,22)19(3)8-13(20)16-12-6-4-5-11(15)7-12/h4-7,9-10,14,17-18H,8H2,1-3H3,(H,16,20). The highest BCUT2D eigenvalue weighted by atomic mass is 35.5. The highest BCUT2D eigenvalue weighted by molar-refractivity contribution is 7.89.